The Morgan fingerprint density at radius 1 is 1.27 bits per heavy atom. The summed E-state index contributed by atoms with van der Waals surface area (Å²) in [5, 5.41) is 8.07. The number of rotatable bonds is 6. The molecule has 1 aliphatic heterocycles. The summed E-state index contributed by atoms with van der Waals surface area (Å²) in [6, 6.07) is 10.1. The van der Waals surface area contributed by atoms with Crippen LogP contribution in [0.25, 0.3) is 0 Å². The Labute approximate surface area is 152 Å². The zero-order valence-corrected chi connectivity index (χ0v) is 15.0. The molecule has 0 N–H and O–H groups in total. The van der Waals surface area contributed by atoms with Gasteiger partial charge in [-0.2, -0.15) is 0 Å². The van der Waals surface area contributed by atoms with E-state index >= 15 is 0 Å². The number of carbonyl (C=O) groups is 2. The van der Waals surface area contributed by atoms with Crippen molar-refractivity contribution in [3.63, 3.8) is 0 Å². The van der Waals surface area contributed by atoms with E-state index in [0.29, 0.717) is 31.9 Å². The second kappa shape index (κ2) is 8.60. The minimum absolute atomic E-state index is 0.176. The lowest BCUT2D eigenvalue weighted by Crippen LogP contribution is -2.43. The van der Waals surface area contributed by atoms with Gasteiger partial charge in [-0.1, -0.05) is 35.5 Å². The van der Waals surface area contributed by atoms with Gasteiger partial charge in [0.2, 0.25) is 0 Å². The van der Waals surface area contributed by atoms with E-state index in [4.69, 9.17) is 4.74 Å². The van der Waals surface area contributed by atoms with E-state index < -0.39 is 0 Å². The van der Waals surface area contributed by atoms with Gasteiger partial charge in [-0.3, -0.25) is 14.3 Å². The number of piperidine rings is 1. The van der Waals surface area contributed by atoms with Gasteiger partial charge < -0.3 is 9.64 Å². The van der Waals surface area contributed by atoms with Crippen molar-refractivity contribution in [3.05, 3.63) is 47.8 Å². The number of benzene rings is 1. The van der Waals surface area contributed by atoms with E-state index in [1.807, 2.05) is 18.2 Å². The van der Waals surface area contributed by atoms with Crippen molar-refractivity contribution < 1.29 is 14.3 Å². The van der Waals surface area contributed by atoms with Gasteiger partial charge in [0.15, 0.2) is 5.69 Å². The quantitative estimate of drug-likeness (QED) is 0.739. The smallest absolute Gasteiger partial charge is 0.310 e. The van der Waals surface area contributed by atoms with Gasteiger partial charge in [0.1, 0.15) is 0 Å². The molecule has 1 saturated heterocycles. The number of hydrogen-bond donors (Lipinski definition) is 0. The molecule has 7 nitrogen and oxygen atoms in total. The number of amides is 1. The summed E-state index contributed by atoms with van der Waals surface area (Å²) in [4.78, 5) is 26.3. The third-order valence-electron chi connectivity index (χ3n) is 4.56. The maximum atomic E-state index is 12.7. The summed E-state index contributed by atoms with van der Waals surface area (Å²) in [6.45, 7) is 3.83. The summed E-state index contributed by atoms with van der Waals surface area (Å²) in [7, 11) is 0. The van der Waals surface area contributed by atoms with Gasteiger partial charge in [-0.05, 0) is 31.7 Å². The molecule has 1 fully saturated rings. The molecule has 0 saturated carbocycles. The predicted octanol–water partition coefficient (Wildman–Crippen LogP) is 1.94. The SMILES string of the molecule is CCOC(=O)[C@@H]1CCCN(C(=O)c2cn(CCc3ccccc3)nn2)C1. The molecule has 0 bridgehead atoms. The van der Waals surface area contributed by atoms with Crippen LogP contribution in [0, 0.1) is 5.92 Å². The van der Waals surface area contributed by atoms with Crippen LogP contribution in [0.15, 0.2) is 36.5 Å². The minimum atomic E-state index is -0.249. The van der Waals surface area contributed by atoms with E-state index in [9.17, 15) is 9.59 Å². The van der Waals surface area contributed by atoms with E-state index in [0.717, 1.165) is 19.3 Å². The maximum absolute atomic E-state index is 12.7. The molecule has 138 valence electrons. The average molecular weight is 356 g/mol. The van der Waals surface area contributed by atoms with Crippen molar-refractivity contribution in [2.24, 2.45) is 5.92 Å². The molecule has 2 aromatic rings. The van der Waals surface area contributed by atoms with Crippen LogP contribution in [0.1, 0.15) is 35.8 Å². The third-order valence-corrected chi connectivity index (χ3v) is 4.56. The number of aromatic nitrogens is 3. The zero-order valence-electron chi connectivity index (χ0n) is 15.0. The lowest BCUT2D eigenvalue weighted by atomic mass is 9.98. The first kappa shape index (κ1) is 18.1. The molecular weight excluding hydrogens is 332 g/mol. The van der Waals surface area contributed by atoms with Crippen LogP contribution in [0.3, 0.4) is 0 Å². The largest absolute Gasteiger partial charge is 0.466 e. The van der Waals surface area contributed by atoms with Gasteiger partial charge in [0.25, 0.3) is 5.91 Å². The van der Waals surface area contributed by atoms with Gasteiger partial charge in [-0.15, -0.1) is 5.10 Å². The zero-order chi connectivity index (χ0) is 18.4. The number of esters is 1. The lowest BCUT2D eigenvalue weighted by Gasteiger charge is -2.30. The number of hydrogen-bond acceptors (Lipinski definition) is 5. The monoisotopic (exact) mass is 356 g/mol. The summed E-state index contributed by atoms with van der Waals surface area (Å²) < 4.78 is 6.77. The van der Waals surface area contributed by atoms with Crippen molar-refractivity contribution in [1.82, 2.24) is 19.9 Å². The highest BCUT2D eigenvalue weighted by Crippen LogP contribution is 2.19. The van der Waals surface area contributed by atoms with Crippen molar-refractivity contribution in [2.45, 2.75) is 32.7 Å². The Balaban J connectivity index is 1.58. The standard InChI is InChI=1S/C19H24N4O3/c1-2-26-19(25)16-9-6-11-22(13-16)18(24)17-14-23(21-20-17)12-10-15-7-4-3-5-8-15/h3-5,7-8,14,16H,2,6,9-13H2,1H3/t16-/m1/s1. The molecule has 0 aliphatic carbocycles. The highest BCUT2D eigenvalue weighted by Gasteiger charge is 2.30. The molecule has 3 rings (SSSR count). The molecule has 26 heavy (non-hydrogen) atoms. The summed E-state index contributed by atoms with van der Waals surface area (Å²) in [5.41, 5.74) is 1.53. The molecule has 2 heterocycles. The summed E-state index contributed by atoms with van der Waals surface area (Å²) >= 11 is 0. The number of likely N-dealkylation sites (tertiary alicyclic amines) is 1. The maximum Gasteiger partial charge on any atom is 0.310 e. The van der Waals surface area contributed by atoms with Crippen LogP contribution in [-0.2, 0) is 22.5 Å². The topological polar surface area (TPSA) is 77.3 Å². The molecule has 0 spiro atoms. The van der Waals surface area contributed by atoms with Crippen molar-refractivity contribution in [3.8, 4) is 0 Å². The minimum Gasteiger partial charge on any atom is -0.466 e. The van der Waals surface area contributed by atoms with Crippen LogP contribution < -0.4 is 0 Å². The third kappa shape index (κ3) is 4.47. The van der Waals surface area contributed by atoms with Crippen molar-refractivity contribution in [2.75, 3.05) is 19.7 Å². The van der Waals surface area contributed by atoms with Crippen LogP contribution in [0.2, 0.25) is 0 Å². The molecule has 1 amide bonds. The first-order chi connectivity index (χ1) is 12.7. The average Bonchev–Trinajstić information content (AvgIpc) is 3.16. The van der Waals surface area contributed by atoms with Crippen LogP contribution in [0.4, 0.5) is 0 Å². The second-order valence-electron chi connectivity index (χ2n) is 6.44. The fourth-order valence-corrected chi connectivity index (χ4v) is 3.17. The molecule has 7 heteroatoms. The molecule has 0 unspecified atom stereocenters. The van der Waals surface area contributed by atoms with Gasteiger partial charge >= 0.3 is 5.97 Å². The van der Waals surface area contributed by atoms with Gasteiger partial charge in [-0.25, -0.2) is 0 Å². The Kier molecular flexibility index (Phi) is 5.99. The predicted molar refractivity (Wildman–Crippen MR) is 95.4 cm³/mol. The molecule has 1 atom stereocenters. The number of aryl methyl sites for hydroxylation is 2. The molecule has 0 radical (unpaired) electrons. The Bertz CT molecular complexity index is 744. The van der Waals surface area contributed by atoms with Crippen LogP contribution in [-0.4, -0.2) is 51.5 Å². The van der Waals surface area contributed by atoms with Crippen molar-refractivity contribution >= 4 is 11.9 Å². The summed E-state index contributed by atoms with van der Waals surface area (Å²) in [6.07, 6.45) is 4.05. The highest BCUT2D eigenvalue weighted by molar-refractivity contribution is 5.92. The number of carbonyl (C=O) groups excluding carboxylic acids is 2. The Morgan fingerprint density at radius 3 is 2.85 bits per heavy atom. The number of ether oxygens (including phenoxy) is 1. The first-order valence-corrected chi connectivity index (χ1v) is 9.07. The lowest BCUT2D eigenvalue weighted by molar-refractivity contribution is -0.149. The highest BCUT2D eigenvalue weighted by atomic mass is 16.5. The normalized spacial score (nSPS) is 17.1. The van der Waals surface area contributed by atoms with Crippen molar-refractivity contribution in [1.29, 1.82) is 0 Å². The summed E-state index contributed by atoms with van der Waals surface area (Å²) in [5.74, 6) is -0.651. The van der Waals surface area contributed by atoms with Gasteiger partial charge in [0, 0.05) is 19.6 Å². The fraction of sp³-hybridized carbons (Fsp3) is 0.474. The fourth-order valence-electron chi connectivity index (χ4n) is 3.17. The van der Waals surface area contributed by atoms with E-state index in [1.54, 1.807) is 22.7 Å². The van der Waals surface area contributed by atoms with Crippen LogP contribution >= 0.6 is 0 Å². The van der Waals surface area contributed by atoms with E-state index in [-0.39, 0.29) is 17.8 Å². The first-order valence-electron chi connectivity index (χ1n) is 9.07. The van der Waals surface area contributed by atoms with E-state index in [2.05, 4.69) is 22.4 Å². The molecule has 1 aliphatic rings. The number of nitrogens with zero attached hydrogens (tertiary/aromatic N) is 4. The van der Waals surface area contributed by atoms with Crippen LogP contribution in [0.5, 0.6) is 0 Å². The van der Waals surface area contributed by atoms with Gasteiger partial charge in [0.05, 0.1) is 18.7 Å². The Morgan fingerprint density at radius 2 is 2.08 bits per heavy atom. The molecular formula is C19H24N4O3. The Hall–Kier alpha value is -2.70. The molecule has 1 aromatic heterocycles. The van der Waals surface area contributed by atoms with E-state index in [1.165, 1.54) is 5.56 Å². The second-order valence-corrected chi connectivity index (χ2v) is 6.44. The molecule has 1 aromatic carbocycles.